The zero-order valence-electron chi connectivity index (χ0n) is 11.9. The maximum absolute atomic E-state index is 12.0. The predicted octanol–water partition coefficient (Wildman–Crippen LogP) is 3.05. The summed E-state index contributed by atoms with van der Waals surface area (Å²) in [5.41, 5.74) is 3.75. The molecule has 2 aromatic carbocycles. The van der Waals surface area contributed by atoms with Gasteiger partial charge in [0.05, 0.1) is 17.3 Å². The number of fused-ring (bicyclic) bond motifs is 1. The lowest BCUT2D eigenvalue weighted by Gasteiger charge is -2.02. The fraction of sp³-hybridized carbons (Fsp3) is 0. The zero-order chi connectivity index (χ0) is 16.2. The molecule has 0 fully saturated rings. The molecule has 0 spiro atoms. The summed E-state index contributed by atoms with van der Waals surface area (Å²) in [6.07, 6.45) is 1.33. The van der Waals surface area contributed by atoms with Crippen LogP contribution in [-0.2, 0) is 0 Å². The molecule has 0 aliphatic rings. The van der Waals surface area contributed by atoms with Crippen LogP contribution >= 0.6 is 15.9 Å². The normalized spacial score (nSPS) is 11.0. The van der Waals surface area contributed by atoms with Crippen LogP contribution < -0.4 is 11.0 Å². The summed E-state index contributed by atoms with van der Waals surface area (Å²) in [7, 11) is 0. The highest BCUT2D eigenvalue weighted by Crippen LogP contribution is 2.15. The second kappa shape index (κ2) is 6.58. The van der Waals surface area contributed by atoms with Gasteiger partial charge in [0.15, 0.2) is 0 Å². The molecule has 0 unspecified atom stereocenters. The van der Waals surface area contributed by atoms with Gasteiger partial charge < -0.3 is 4.98 Å². The van der Waals surface area contributed by atoms with Crippen molar-refractivity contribution < 1.29 is 4.79 Å². The number of carbonyl (C=O) groups is 1. The monoisotopic (exact) mass is 369 g/mol. The van der Waals surface area contributed by atoms with E-state index in [1.54, 1.807) is 24.3 Å². The number of amides is 1. The van der Waals surface area contributed by atoms with Gasteiger partial charge >= 0.3 is 0 Å². The molecule has 0 atom stereocenters. The molecular weight excluding hydrogens is 358 g/mol. The van der Waals surface area contributed by atoms with Crippen LogP contribution in [-0.4, -0.2) is 17.1 Å². The molecule has 0 saturated heterocycles. The van der Waals surface area contributed by atoms with E-state index in [9.17, 15) is 9.59 Å². The Hall–Kier alpha value is -2.73. The maximum Gasteiger partial charge on any atom is 0.272 e. The highest BCUT2D eigenvalue weighted by atomic mass is 79.9. The van der Waals surface area contributed by atoms with E-state index in [0.717, 1.165) is 10.9 Å². The van der Waals surface area contributed by atoms with E-state index in [4.69, 9.17) is 0 Å². The molecule has 1 amide bonds. The number of nitrogens with one attached hydrogen (secondary N) is 2. The van der Waals surface area contributed by atoms with Crippen LogP contribution in [0.25, 0.3) is 10.9 Å². The highest BCUT2D eigenvalue weighted by Gasteiger charge is 2.07. The van der Waals surface area contributed by atoms with Crippen molar-refractivity contribution in [3.05, 3.63) is 80.6 Å². The van der Waals surface area contributed by atoms with E-state index in [-0.39, 0.29) is 11.5 Å². The number of aromatic nitrogens is 1. The SMILES string of the molecule is O=C(N/N=C/c1cc2ccccc2[nH]c1=O)c1ccccc1Br. The Balaban J connectivity index is 1.81. The van der Waals surface area contributed by atoms with Gasteiger partial charge in [0, 0.05) is 9.99 Å². The van der Waals surface area contributed by atoms with Crippen molar-refractivity contribution in [1.82, 2.24) is 10.4 Å². The van der Waals surface area contributed by atoms with Crippen LogP contribution in [0.15, 0.2) is 69.0 Å². The Morgan fingerprint density at radius 1 is 1.13 bits per heavy atom. The third-order valence-electron chi connectivity index (χ3n) is 3.27. The minimum Gasteiger partial charge on any atom is -0.321 e. The molecule has 0 radical (unpaired) electrons. The number of benzene rings is 2. The molecule has 0 saturated carbocycles. The molecule has 0 aliphatic heterocycles. The molecule has 114 valence electrons. The van der Waals surface area contributed by atoms with E-state index in [1.165, 1.54) is 6.21 Å². The number of nitrogens with zero attached hydrogens (tertiary/aromatic N) is 1. The molecular formula is C17H12BrN3O2. The fourth-order valence-corrected chi connectivity index (χ4v) is 2.59. The predicted molar refractivity (Wildman–Crippen MR) is 93.8 cm³/mol. The van der Waals surface area contributed by atoms with Gasteiger partial charge in [-0.1, -0.05) is 30.3 Å². The Bertz CT molecular complexity index is 963. The van der Waals surface area contributed by atoms with Gasteiger partial charge in [-0.25, -0.2) is 5.43 Å². The highest BCUT2D eigenvalue weighted by molar-refractivity contribution is 9.10. The summed E-state index contributed by atoms with van der Waals surface area (Å²) in [6.45, 7) is 0. The smallest absolute Gasteiger partial charge is 0.272 e. The van der Waals surface area contributed by atoms with Crippen molar-refractivity contribution in [3.63, 3.8) is 0 Å². The average Bonchev–Trinajstić information content (AvgIpc) is 2.55. The van der Waals surface area contributed by atoms with Crippen LogP contribution in [0.1, 0.15) is 15.9 Å². The summed E-state index contributed by atoms with van der Waals surface area (Å²) in [6, 6.07) is 16.2. The molecule has 1 aromatic heterocycles. The minimum absolute atomic E-state index is 0.261. The number of carbonyl (C=O) groups excluding carboxylic acids is 1. The maximum atomic E-state index is 12.0. The van der Waals surface area contributed by atoms with Gasteiger partial charge in [-0.3, -0.25) is 9.59 Å². The third-order valence-corrected chi connectivity index (χ3v) is 3.96. The van der Waals surface area contributed by atoms with Crippen molar-refractivity contribution in [2.24, 2.45) is 5.10 Å². The summed E-state index contributed by atoms with van der Waals surface area (Å²) < 4.78 is 0.677. The fourth-order valence-electron chi connectivity index (χ4n) is 2.13. The van der Waals surface area contributed by atoms with Crippen molar-refractivity contribution in [2.45, 2.75) is 0 Å². The van der Waals surface area contributed by atoms with Crippen LogP contribution in [0.4, 0.5) is 0 Å². The van der Waals surface area contributed by atoms with Gasteiger partial charge in [-0.2, -0.15) is 5.10 Å². The number of pyridine rings is 1. The van der Waals surface area contributed by atoms with E-state index >= 15 is 0 Å². The van der Waals surface area contributed by atoms with Gasteiger partial charge in [0.25, 0.3) is 11.5 Å². The Morgan fingerprint density at radius 3 is 2.70 bits per heavy atom. The van der Waals surface area contributed by atoms with Crippen molar-refractivity contribution in [3.8, 4) is 0 Å². The Kier molecular flexibility index (Phi) is 4.34. The molecule has 0 bridgehead atoms. The first kappa shape index (κ1) is 15.2. The first-order valence-corrected chi connectivity index (χ1v) is 7.64. The van der Waals surface area contributed by atoms with Gasteiger partial charge in [0.2, 0.25) is 0 Å². The first-order valence-electron chi connectivity index (χ1n) is 6.85. The summed E-state index contributed by atoms with van der Waals surface area (Å²) in [5.74, 6) is -0.356. The molecule has 6 heteroatoms. The average molecular weight is 370 g/mol. The number of aromatic amines is 1. The molecule has 5 nitrogen and oxygen atoms in total. The standard InChI is InChI=1S/C17H12BrN3O2/c18-14-7-3-2-6-13(14)17(23)21-19-10-12-9-11-5-1-4-8-15(11)20-16(12)22/h1-10H,(H,20,22)(H,21,23)/b19-10+. The van der Waals surface area contributed by atoms with E-state index in [0.29, 0.717) is 15.6 Å². The lowest BCUT2D eigenvalue weighted by molar-refractivity contribution is 0.0954. The van der Waals surface area contributed by atoms with Crippen molar-refractivity contribution >= 4 is 39.0 Å². The molecule has 0 aliphatic carbocycles. The van der Waals surface area contributed by atoms with Gasteiger partial charge in [-0.15, -0.1) is 0 Å². The van der Waals surface area contributed by atoms with Crippen molar-refractivity contribution in [2.75, 3.05) is 0 Å². The van der Waals surface area contributed by atoms with Gasteiger partial charge in [-0.05, 0) is 45.6 Å². The second-order valence-corrected chi connectivity index (χ2v) is 5.67. The first-order chi connectivity index (χ1) is 11.1. The molecule has 3 rings (SSSR count). The van der Waals surface area contributed by atoms with E-state index in [2.05, 4.69) is 31.4 Å². The van der Waals surface area contributed by atoms with Crippen LogP contribution in [0.2, 0.25) is 0 Å². The lowest BCUT2D eigenvalue weighted by atomic mass is 10.2. The topological polar surface area (TPSA) is 74.3 Å². The molecule has 1 heterocycles. The van der Waals surface area contributed by atoms with E-state index in [1.807, 2.05) is 30.3 Å². The lowest BCUT2D eigenvalue weighted by Crippen LogP contribution is -2.19. The van der Waals surface area contributed by atoms with Crippen LogP contribution in [0.5, 0.6) is 0 Å². The van der Waals surface area contributed by atoms with Crippen LogP contribution in [0, 0.1) is 0 Å². The molecule has 3 aromatic rings. The number of hydrogen-bond donors (Lipinski definition) is 2. The number of hydrogen-bond acceptors (Lipinski definition) is 3. The number of halogens is 1. The number of rotatable bonds is 3. The summed E-state index contributed by atoms with van der Waals surface area (Å²) in [4.78, 5) is 26.7. The zero-order valence-corrected chi connectivity index (χ0v) is 13.5. The second-order valence-electron chi connectivity index (χ2n) is 4.82. The number of H-pyrrole nitrogens is 1. The van der Waals surface area contributed by atoms with Gasteiger partial charge in [0.1, 0.15) is 0 Å². The largest absolute Gasteiger partial charge is 0.321 e. The number of hydrazone groups is 1. The summed E-state index contributed by atoms with van der Waals surface area (Å²) in [5, 5.41) is 4.76. The molecule has 2 N–H and O–H groups in total. The van der Waals surface area contributed by atoms with Crippen molar-refractivity contribution in [1.29, 1.82) is 0 Å². The van der Waals surface area contributed by atoms with E-state index < -0.39 is 0 Å². The number of para-hydroxylation sites is 1. The minimum atomic E-state index is -0.356. The Labute approximate surface area is 140 Å². The van der Waals surface area contributed by atoms with Crippen LogP contribution in [0.3, 0.4) is 0 Å². The quantitative estimate of drug-likeness (QED) is 0.549. The molecule has 23 heavy (non-hydrogen) atoms. The Morgan fingerprint density at radius 2 is 1.87 bits per heavy atom. The summed E-state index contributed by atoms with van der Waals surface area (Å²) >= 11 is 3.30. The third kappa shape index (κ3) is 3.37.